The smallest absolute Gasteiger partial charge is 0.247 e. The van der Waals surface area contributed by atoms with Gasteiger partial charge in [0.25, 0.3) is 0 Å². The molecule has 0 unspecified atom stereocenters. The molecule has 0 aliphatic carbocycles. The fraction of sp³-hybridized carbons (Fsp3) is 0.200. The van der Waals surface area contributed by atoms with Crippen LogP contribution in [0.25, 0.3) is 5.65 Å². The molecule has 5 nitrogen and oxygen atoms in total. The molecule has 0 fully saturated rings. The highest BCUT2D eigenvalue weighted by Gasteiger charge is 2.10. The number of benzene rings is 1. The van der Waals surface area contributed by atoms with Gasteiger partial charge in [0.05, 0.1) is 4.47 Å². The number of pyridine rings is 1. The van der Waals surface area contributed by atoms with E-state index in [2.05, 4.69) is 54.8 Å². The van der Waals surface area contributed by atoms with Crippen molar-refractivity contribution < 1.29 is 0 Å². The SMILES string of the molecule is Brc1cccn2nc(Nc3ccc4c(c3)CCCN4)nc12. The van der Waals surface area contributed by atoms with E-state index in [4.69, 9.17) is 0 Å². The van der Waals surface area contributed by atoms with Crippen molar-refractivity contribution in [1.29, 1.82) is 0 Å². The quantitative estimate of drug-likeness (QED) is 0.746. The summed E-state index contributed by atoms with van der Waals surface area (Å²) in [6.07, 6.45) is 4.17. The van der Waals surface area contributed by atoms with Gasteiger partial charge in [-0.15, -0.1) is 5.10 Å². The van der Waals surface area contributed by atoms with Gasteiger partial charge in [-0.25, -0.2) is 4.52 Å². The molecule has 0 amide bonds. The van der Waals surface area contributed by atoms with Crippen LogP contribution in [0.5, 0.6) is 0 Å². The molecular weight excluding hydrogens is 330 g/mol. The molecule has 0 bridgehead atoms. The summed E-state index contributed by atoms with van der Waals surface area (Å²) in [6.45, 7) is 1.06. The lowest BCUT2D eigenvalue weighted by molar-refractivity contribution is 0.830. The lowest BCUT2D eigenvalue weighted by Crippen LogP contribution is -2.11. The van der Waals surface area contributed by atoms with Crippen molar-refractivity contribution in [3.8, 4) is 0 Å². The number of hydrogen-bond donors (Lipinski definition) is 2. The van der Waals surface area contributed by atoms with Gasteiger partial charge in [0, 0.05) is 24.1 Å². The van der Waals surface area contributed by atoms with Gasteiger partial charge in [-0.2, -0.15) is 4.98 Å². The molecule has 6 heteroatoms. The number of rotatable bonds is 2. The Labute approximate surface area is 130 Å². The zero-order chi connectivity index (χ0) is 14.2. The predicted octanol–water partition coefficient (Wildman–Crippen LogP) is 3.59. The minimum atomic E-state index is 0.602. The molecule has 2 N–H and O–H groups in total. The van der Waals surface area contributed by atoms with Crippen LogP contribution >= 0.6 is 15.9 Å². The summed E-state index contributed by atoms with van der Waals surface area (Å²) in [4.78, 5) is 4.50. The van der Waals surface area contributed by atoms with Gasteiger partial charge < -0.3 is 10.6 Å². The molecule has 2 aromatic heterocycles. The normalized spacial score (nSPS) is 13.8. The lowest BCUT2D eigenvalue weighted by Gasteiger charge is -2.18. The van der Waals surface area contributed by atoms with Crippen molar-refractivity contribution in [3.63, 3.8) is 0 Å². The molecule has 0 saturated carbocycles. The molecule has 0 saturated heterocycles. The fourth-order valence-corrected chi connectivity index (χ4v) is 3.03. The molecule has 21 heavy (non-hydrogen) atoms. The summed E-state index contributed by atoms with van der Waals surface area (Å²) in [5.41, 5.74) is 4.40. The van der Waals surface area contributed by atoms with Gasteiger partial charge in [0.1, 0.15) is 0 Å². The van der Waals surface area contributed by atoms with E-state index in [-0.39, 0.29) is 0 Å². The summed E-state index contributed by atoms with van der Waals surface area (Å²) in [7, 11) is 0. The minimum absolute atomic E-state index is 0.602. The Hall–Kier alpha value is -2.08. The van der Waals surface area contributed by atoms with Crippen LogP contribution in [0.3, 0.4) is 0 Å². The van der Waals surface area contributed by atoms with E-state index in [1.54, 1.807) is 4.52 Å². The average Bonchev–Trinajstić information content (AvgIpc) is 2.91. The van der Waals surface area contributed by atoms with E-state index in [1.165, 1.54) is 17.7 Å². The van der Waals surface area contributed by atoms with Gasteiger partial charge in [0.15, 0.2) is 5.65 Å². The molecule has 1 aliphatic heterocycles. The second-order valence-electron chi connectivity index (χ2n) is 5.09. The molecule has 0 atom stereocenters. The van der Waals surface area contributed by atoms with Crippen LogP contribution < -0.4 is 10.6 Å². The maximum atomic E-state index is 4.50. The van der Waals surface area contributed by atoms with Crippen LogP contribution in [0.4, 0.5) is 17.3 Å². The Morgan fingerprint density at radius 2 is 2.24 bits per heavy atom. The summed E-state index contributed by atoms with van der Waals surface area (Å²) in [5, 5.41) is 11.1. The largest absolute Gasteiger partial charge is 0.385 e. The van der Waals surface area contributed by atoms with Crippen molar-refractivity contribution >= 4 is 38.9 Å². The average molecular weight is 344 g/mol. The van der Waals surface area contributed by atoms with Gasteiger partial charge in [-0.3, -0.25) is 0 Å². The number of halogens is 1. The molecule has 3 aromatic rings. The predicted molar refractivity (Wildman–Crippen MR) is 87.2 cm³/mol. The molecule has 1 aliphatic rings. The second kappa shape index (κ2) is 5.04. The van der Waals surface area contributed by atoms with Gasteiger partial charge in [-0.05, 0) is 64.7 Å². The van der Waals surface area contributed by atoms with Crippen LogP contribution in [0.2, 0.25) is 0 Å². The summed E-state index contributed by atoms with van der Waals surface area (Å²) < 4.78 is 2.69. The number of aromatic nitrogens is 3. The summed E-state index contributed by atoms with van der Waals surface area (Å²) in [6, 6.07) is 10.2. The standard InChI is InChI=1S/C15H14BrN5/c16-12-4-2-8-21-14(12)19-15(20-21)18-11-5-6-13-10(9-11)3-1-7-17-13/h2,4-6,8-9,17H,1,3,7H2,(H,18,20). The Kier molecular flexibility index (Phi) is 3.03. The number of anilines is 3. The van der Waals surface area contributed by atoms with E-state index >= 15 is 0 Å². The molecule has 1 aromatic carbocycles. The van der Waals surface area contributed by atoms with E-state index in [0.717, 1.165) is 28.8 Å². The molecule has 3 heterocycles. The third-order valence-corrected chi connectivity index (χ3v) is 4.23. The third-order valence-electron chi connectivity index (χ3n) is 3.61. The minimum Gasteiger partial charge on any atom is -0.385 e. The van der Waals surface area contributed by atoms with Crippen LogP contribution in [0, 0.1) is 0 Å². The first-order valence-corrected chi connectivity index (χ1v) is 7.74. The van der Waals surface area contributed by atoms with E-state index in [0.29, 0.717) is 5.95 Å². The highest BCUT2D eigenvalue weighted by atomic mass is 79.9. The Balaban J connectivity index is 1.66. The Morgan fingerprint density at radius 3 is 3.14 bits per heavy atom. The topological polar surface area (TPSA) is 54.2 Å². The maximum absolute atomic E-state index is 4.50. The van der Waals surface area contributed by atoms with E-state index in [1.807, 2.05) is 18.3 Å². The van der Waals surface area contributed by atoms with Gasteiger partial charge in [-0.1, -0.05) is 0 Å². The van der Waals surface area contributed by atoms with Crippen molar-refractivity contribution in [3.05, 3.63) is 46.6 Å². The molecule has 0 spiro atoms. The van der Waals surface area contributed by atoms with E-state index < -0.39 is 0 Å². The van der Waals surface area contributed by atoms with Crippen molar-refractivity contribution in [1.82, 2.24) is 14.6 Å². The molecule has 106 valence electrons. The lowest BCUT2D eigenvalue weighted by atomic mass is 10.0. The highest BCUT2D eigenvalue weighted by Crippen LogP contribution is 2.26. The van der Waals surface area contributed by atoms with Crippen LogP contribution in [0.15, 0.2) is 41.0 Å². The Bertz CT molecular complexity index is 811. The van der Waals surface area contributed by atoms with Crippen LogP contribution in [-0.2, 0) is 6.42 Å². The number of nitrogens with zero attached hydrogens (tertiary/aromatic N) is 3. The summed E-state index contributed by atoms with van der Waals surface area (Å²) in [5.74, 6) is 0.602. The fourth-order valence-electron chi connectivity index (χ4n) is 2.61. The number of hydrogen-bond acceptors (Lipinski definition) is 4. The molecular formula is C15H14BrN5. The van der Waals surface area contributed by atoms with Crippen molar-refractivity contribution in [2.24, 2.45) is 0 Å². The highest BCUT2D eigenvalue weighted by molar-refractivity contribution is 9.10. The number of nitrogens with one attached hydrogen (secondary N) is 2. The van der Waals surface area contributed by atoms with Crippen molar-refractivity contribution in [2.45, 2.75) is 12.8 Å². The maximum Gasteiger partial charge on any atom is 0.247 e. The number of aryl methyl sites for hydroxylation is 1. The first-order chi connectivity index (χ1) is 10.3. The van der Waals surface area contributed by atoms with Crippen LogP contribution in [0.1, 0.15) is 12.0 Å². The van der Waals surface area contributed by atoms with Crippen molar-refractivity contribution in [2.75, 3.05) is 17.2 Å². The first kappa shape index (κ1) is 12.6. The van der Waals surface area contributed by atoms with Gasteiger partial charge in [0.2, 0.25) is 5.95 Å². The van der Waals surface area contributed by atoms with Crippen LogP contribution in [-0.4, -0.2) is 21.1 Å². The Morgan fingerprint density at radius 1 is 1.29 bits per heavy atom. The monoisotopic (exact) mass is 343 g/mol. The first-order valence-electron chi connectivity index (χ1n) is 6.94. The molecule has 4 rings (SSSR count). The zero-order valence-corrected chi connectivity index (χ0v) is 12.9. The van der Waals surface area contributed by atoms with E-state index in [9.17, 15) is 0 Å². The zero-order valence-electron chi connectivity index (χ0n) is 11.3. The third kappa shape index (κ3) is 2.35. The summed E-state index contributed by atoms with van der Waals surface area (Å²) >= 11 is 3.49. The number of fused-ring (bicyclic) bond motifs is 2. The molecule has 0 radical (unpaired) electrons. The second-order valence-corrected chi connectivity index (χ2v) is 5.94. The van der Waals surface area contributed by atoms with Gasteiger partial charge >= 0.3 is 0 Å².